The smallest absolute Gasteiger partial charge is 0.264 e. The molecule has 10 heteroatoms. The van der Waals surface area contributed by atoms with Gasteiger partial charge >= 0.3 is 0 Å². The first-order chi connectivity index (χ1) is 16.5. The van der Waals surface area contributed by atoms with Gasteiger partial charge in [0.25, 0.3) is 11.5 Å². The summed E-state index contributed by atoms with van der Waals surface area (Å²) in [5, 5.41) is 4.46. The van der Waals surface area contributed by atoms with Crippen LogP contribution in [0.3, 0.4) is 0 Å². The van der Waals surface area contributed by atoms with Crippen LogP contribution in [0.5, 0.6) is 0 Å². The minimum atomic E-state index is -0.00473. The van der Waals surface area contributed by atoms with Crippen molar-refractivity contribution in [3.05, 3.63) is 43.6 Å². The van der Waals surface area contributed by atoms with Gasteiger partial charge in [0.05, 0.1) is 41.4 Å². The number of aromatic amines is 1. The lowest BCUT2D eigenvalue weighted by Gasteiger charge is -2.31. The Kier molecular flexibility index (Phi) is 5.74. The number of rotatable bonds is 5. The Morgan fingerprint density at radius 2 is 1.94 bits per heavy atom. The Bertz CT molecular complexity index is 1310. The van der Waals surface area contributed by atoms with E-state index in [0.29, 0.717) is 24.5 Å². The molecule has 2 aliphatic carbocycles. The second-order valence-electron chi connectivity index (χ2n) is 9.55. The quantitative estimate of drug-likeness (QED) is 0.500. The number of aromatic nitrogens is 2. The van der Waals surface area contributed by atoms with E-state index < -0.39 is 0 Å². The Morgan fingerprint density at radius 1 is 1.15 bits per heavy atom. The molecule has 0 aromatic carbocycles. The molecule has 0 radical (unpaired) electrons. The Labute approximate surface area is 205 Å². The maximum atomic E-state index is 13.0. The van der Waals surface area contributed by atoms with Gasteiger partial charge in [0.1, 0.15) is 11.4 Å². The largest absolute Gasteiger partial charge is 0.327 e. The van der Waals surface area contributed by atoms with E-state index in [1.165, 1.54) is 33.1 Å². The Morgan fingerprint density at radius 3 is 2.74 bits per heavy atom. The lowest BCUT2D eigenvalue weighted by Crippen LogP contribution is -3.13. The molecule has 0 atom stereocenters. The van der Waals surface area contributed by atoms with Crippen LogP contribution in [0.2, 0.25) is 0 Å². The van der Waals surface area contributed by atoms with E-state index in [2.05, 4.69) is 10.3 Å². The van der Waals surface area contributed by atoms with Gasteiger partial charge in [0, 0.05) is 10.8 Å². The van der Waals surface area contributed by atoms with Crippen LogP contribution < -0.4 is 15.8 Å². The first-order valence-electron chi connectivity index (χ1n) is 12.1. The van der Waals surface area contributed by atoms with Gasteiger partial charge in [-0.15, -0.1) is 22.7 Å². The average Bonchev–Trinajstić information content (AvgIpc) is 3.48. The first-order valence-corrected chi connectivity index (χ1v) is 13.8. The van der Waals surface area contributed by atoms with Crippen molar-refractivity contribution in [3.8, 4) is 0 Å². The van der Waals surface area contributed by atoms with Crippen molar-refractivity contribution in [2.75, 3.05) is 31.5 Å². The predicted octanol–water partition coefficient (Wildman–Crippen LogP) is 1.81. The number of nitrogens with one attached hydrogen (secondary N) is 3. The fourth-order valence-electron chi connectivity index (χ4n) is 4.98. The summed E-state index contributed by atoms with van der Waals surface area (Å²) in [5.41, 5.74) is 1.21. The van der Waals surface area contributed by atoms with Crippen molar-refractivity contribution in [1.82, 2.24) is 14.9 Å². The van der Waals surface area contributed by atoms with Crippen molar-refractivity contribution in [3.63, 3.8) is 0 Å². The minimum absolute atomic E-state index is 0.00473. The molecule has 1 aliphatic heterocycles. The number of amides is 2. The zero-order valence-corrected chi connectivity index (χ0v) is 20.6. The average molecular weight is 499 g/mol. The molecule has 34 heavy (non-hydrogen) atoms. The zero-order valence-electron chi connectivity index (χ0n) is 18.9. The molecule has 2 fully saturated rings. The van der Waals surface area contributed by atoms with Gasteiger partial charge in [0.15, 0.2) is 5.82 Å². The van der Waals surface area contributed by atoms with E-state index in [-0.39, 0.29) is 23.3 Å². The molecule has 3 aliphatic rings. The molecule has 1 saturated carbocycles. The van der Waals surface area contributed by atoms with Gasteiger partial charge in [-0.1, -0.05) is 0 Å². The summed E-state index contributed by atoms with van der Waals surface area (Å²) in [5.74, 6) is 0.964. The van der Waals surface area contributed by atoms with Crippen LogP contribution in [-0.4, -0.2) is 52.9 Å². The molecule has 0 spiro atoms. The van der Waals surface area contributed by atoms with Crippen LogP contribution in [0.1, 0.15) is 51.6 Å². The molecule has 1 saturated heterocycles. The number of thiophene rings is 2. The highest BCUT2D eigenvalue weighted by Crippen LogP contribution is 2.33. The number of hydrogen-bond acceptors (Lipinski definition) is 6. The van der Waals surface area contributed by atoms with Crippen molar-refractivity contribution in [2.24, 2.45) is 5.92 Å². The van der Waals surface area contributed by atoms with Gasteiger partial charge in [-0.05, 0) is 56.2 Å². The molecular weight excluding hydrogens is 470 g/mol. The van der Waals surface area contributed by atoms with Crippen LogP contribution in [0, 0.1) is 5.92 Å². The topological polar surface area (TPSA) is 99.6 Å². The highest BCUT2D eigenvalue weighted by atomic mass is 32.1. The van der Waals surface area contributed by atoms with Crippen molar-refractivity contribution < 1.29 is 14.5 Å². The number of fused-ring (bicyclic) bond motifs is 3. The number of carbonyl (C=O) groups excluding carboxylic acids is 2. The summed E-state index contributed by atoms with van der Waals surface area (Å²) >= 11 is 3.03. The monoisotopic (exact) mass is 498 g/mol. The molecule has 3 aromatic heterocycles. The Hall–Kier alpha value is -2.56. The van der Waals surface area contributed by atoms with Crippen LogP contribution in [0.15, 0.2) is 16.9 Å². The molecule has 0 bridgehead atoms. The van der Waals surface area contributed by atoms with Crippen molar-refractivity contribution >= 4 is 49.7 Å². The van der Waals surface area contributed by atoms with Gasteiger partial charge in [-0.25, -0.2) is 4.98 Å². The number of anilines is 1. The SMILES string of the molecule is O=C(Nc1ccc(C(=O)N2CC[NH+](Cc3nc4sc5c(c4c(=O)[nH]3)CCCC5)CC2)s1)C1CC1. The molecule has 178 valence electrons. The summed E-state index contributed by atoms with van der Waals surface area (Å²) < 4.78 is 0. The van der Waals surface area contributed by atoms with Gasteiger partial charge in [-0.2, -0.15) is 0 Å². The Balaban J connectivity index is 1.07. The fraction of sp³-hybridized carbons (Fsp3) is 0.500. The molecule has 6 rings (SSSR count). The first kappa shape index (κ1) is 21.9. The normalized spacial score (nSPS) is 18.8. The van der Waals surface area contributed by atoms with Crippen LogP contribution >= 0.6 is 22.7 Å². The highest BCUT2D eigenvalue weighted by molar-refractivity contribution is 7.19. The molecular formula is C24H28N5O3S2+. The lowest BCUT2D eigenvalue weighted by atomic mass is 9.97. The molecule has 0 unspecified atom stereocenters. The maximum Gasteiger partial charge on any atom is 0.264 e. The van der Waals surface area contributed by atoms with Crippen molar-refractivity contribution in [1.29, 1.82) is 0 Å². The van der Waals surface area contributed by atoms with Crippen LogP contribution in [-0.2, 0) is 24.2 Å². The number of quaternary nitrogens is 1. The van der Waals surface area contributed by atoms with E-state index in [4.69, 9.17) is 4.98 Å². The number of piperazine rings is 1. The van der Waals surface area contributed by atoms with E-state index >= 15 is 0 Å². The molecule has 3 N–H and O–H groups in total. The number of carbonyl (C=O) groups is 2. The summed E-state index contributed by atoms with van der Waals surface area (Å²) in [6, 6.07) is 3.62. The third-order valence-electron chi connectivity index (χ3n) is 7.06. The van der Waals surface area contributed by atoms with E-state index in [1.54, 1.807) is 17.4 Å². The molecule has 8 nitrogen and oxygen atoms in total. The zero-order chi connectivity index (χ0) is 23.2. The third-order valence-corrected chi connectivity index (χ3v) is 9.23. The summed E-state index contributed by atoms with van der Waals surface area (Å²) in [4.78, 5) is 51.6. The third kappa shape index (κ3) is 4.30. The van der Waals surface area contributed by atoms with E-state index in [1.807, 2.05) is 11.0 Å². The van der Waals surface area contributed by atoms with Gasteiger partial charge in [0.2, 0.25) is 5.91 Å². The predicted molar refractivity (Wildman–Crippen MR) is 133 cm³/mol. The van der Waals surface area contributed by atoms with Gasteiger partial charge in [-0.3, -0.25) is 14.4 Å². The van der Waals surface area contributed by atoms with Crippen LogP contribution in [0.4, 0.5) is 5.00 Å². The minimum Gasteiger partial charge on any atom is -0.327 e. The van der Waals surface area contributed by atoms with E-state index in [0.717, 1.165) is 66.2 Å². The fourth-order valence-corrected chi connectivity index (χ4v) is 7.13. The van der Waals surface area contributed by atoms with Crippen LogP contribution in [0.25, 0.3) is 10.2 Å². The van der Waals surface area contributed by atoms with Crippen molar-refractivity contribution in [2.45, 2.75) is 45.1 Å². The highest BCUT2D eigenvalue weighted by Gasteiger charge is 2.31. The van der Waals surface area contributed by atoms with Gasteiger partial charge < -0.3 is 20.1 Å². The second kappa shape index (κ2) is 8.90. The lowest BCUT2D eigenvalue weighted by molar-refractivity contribution is -0.918. The number of aryl methyl sites for hydroxylation is 2. The molecule has 4 heterocycles. The summed E-state index contributed by atoms with van der Waals surface area (Å²) in [6.45, 7) is 3.60. The molecule has 2 amide bonds. The summed E-state index contributed by atoms with van der Waals surface area (Å²) in [7, 11) is 0. The number of H-pyrrole nitrogens is 1. The second-order valence-corrected chi connectivity index (χ2v) is 11.7. The molecule has 3 aromatic rings. The maximum absolute atomic E-state index is 13.0. The summed E-state index contributed by atoms with van der Waals surface area (Å²) in [6.07, 6.45) is 6.31. The number of hydrogen-bond donors (Lipinski definition) is 3. The standard InChI is InChI=1S/C24H27N5O3S2/c30-21(14-5-6-14)27-19-8-7-17(33-19)24(32)29-11-9-28(10-12-29)13-18-25-22(31)20-15-3-1-2-4-16(15)34-23(20)26-18/h7-8,14H,1-6,9-13H2,(H,27,30)(H,25,26,31)/p+1. The number of nitrogens with zero attached hydrogens (tertiary/aromatic N) is 2. The van der Waals surface area contributed by atoms with E-state index in [9.17, 15) is 14.4 Å².